The van der Waals surface area contributed by atoms with Crippen molar-refractivity contribution in [3.8, 4) is 12.1 Å². The number of hydrogen-bond acceptors (Lipinski definition) is 4. The molecule has 15 heavy (non-hydrogen) atoms. The van der Waals surface area contributed by atoms with Crippen LogP contribution in [0.25, 0.3) is 6.08 Å². The fourth-order valence-electron chi connectivity index (χ4n) is 1.06. The van der Waals surface area contributed by atoms with Crippen LogP contribution in [0, 0.1) is 27.9 Å². The quantitative estimate of drug-likeness (QED) is 0.538. The van der Waals surface area contributed by atoms with E-state index in [0.29, 0.717) is 5.56 Å². The molecule has 1 atom stereocenters. The second-order valence-corrected chi connectivity index (χ2v) is 2.67. The first-order chi connectivity index (χ1) is 7.19. The summed E-state index contributed by atoms with van der Waals surface area (Å²) in [5, 5.41) is 35.6. The predicted molar refractivity (Wildman–Crippen MR) is 51.4 cm³/mol. The van der Waals surface area contributed by atoms with E-state index in [9.17, 15) is 5.21 Å². The van der Waals surface area contributed by atoms with Gasteiger partial charge in [0, 0.05) is 11.6 Å². The Balaban J connectivity index is 3.23. The molecule has 1 aromatic carbocycles. The molecule has 0 amide bonds. The molecule has 1 unspecified atom stereocenters. The van der Waals surface area contributed by atoms with E-state index in [1.807, 2.05) is 0 Å². The number of quaternary nitrogens is 1. The molecular weight excluding hydrogens is 194 g/mol. The Bertz CT molecular complexity index is 450. The topological polar surface area (TPSA) is 95.3 Å². The summed E-state index contributed by atoms with van der Waals surface area (Å²) in [4.78, 5) is 0. The van der Waals surface area contributed by atoms with Gasteiger partial charge >= 0.3 is 0 Å². The van der Waals surface area contributed by atoms with Crippen LogP contribution in [-0.4, -0.2) is 5.21 Å². The number of rotatable bonds is 2. The van der Waals surface area contributed by atoms with Crippen LogP contribution in [-0.2, 0) is 0 Å². The molecule has 0 radical (unpaired) electrons. The zero-order chi connectivity index (χ0) is 11.3. The van der Waals surface area contributed by atoms with Crippen molar-refractivity contribution in [2.75, 3.05) is 0 Å². The van der Waals surface area contributed by atoms with Crippen LogP contribution in [0.15, 0.2) is 29.8 Å². The summed E-state index contributed by atoms with van der Waals surface area (Å²) >= 11 is 0. The van der Waals surface area contributed by atoms with Crippen LogP contribution < -0.4 is 5.23 Å². The Morgan fingerprint density at radius 3 is 2.47 bits per heavy atom. The molecule has 0 bridgehead atoms. The summed E-state index contributed by atoms with van der Waals surface area (Å²) in [7, 11) is 0. The maximum absolute atomic E-state index is 10.8. The van der Waals surface area contributed by atoms with Gasteiger partial charge in [0.05, 0.1) is 0 Å². The van der Waals surface area contributed by atoms with Gasteiger partial charge in [0.15, 0.2) is 5.69 Å². The highest BCUT2D eigenvalue weighted by Gasteiger charge is 2.06. The lowest BCUT2D eigenvalue weighted by molar-refractivity contribution is -0.991. The fourth-order valence-corrected chi connectivity index (χ4v) is 1.06. The SMILES string of the molecule is N#CC(C#N)=Cc1ccccc1[NH+]([O-])O. The lowest BCUT2D eigenvalue weighted by atomic mass is 10.1. The molecule has 1 rings (SSSR count). The number of hydrogen-bond donors (Lipinski definition) is 2. The first-order valence-corrected chi connectivity index (χ1v) is 4.03. The minimum Gasteiger partial charge on any atom is -0.595 e. The van der Waals surface area contributed by atoms with E-state index in [1.165, 1.54) is 18.2 Å². The first-order valence-electron chi connectivity index (χ1n) is 4.03. The average molecular weight is 201 g/mol. The van der Waals surface area contributed by atoms with Gasteiger partial charge in [0.25, 0.3) is 0 Å². The smallest absolute Gasteiger partial charge is 0.171 e. The standard InChI is InChI=1S/C10H7N3O2/c11-6-8(7-12)5-9-3-1-2-4-10(9)13(14)15/h1-5,13-14H. The number of nitriles is 2. The van der Waals surface area contributed by atoms with E-state index < -0.39 is 5.23 Å². The molecule has 1 aromatic rings. The molecule has 0 aliphatic carbocycles. The Labute approximate surface area is 86.2 Å². The Morgan fingerprint density at radius 2 is 1.93 bits per heavy atom. The molecule has 2 N–H and O–H groups in total. The predicted octanol–water partition coefficient (Wildman–Crippen LogP) is 0.521. The zero-order valence-electron chi connectivity index (χ0n) is 7.64. The van der Waals surface area contributed by atoms with Crippen LogP contribution in [0.3, 0.4) is 0 Å². The van der Waals surface area contributed by atoms with Gasteiger partial charge in [-0.1, -0.05) is 12.1 Å². The summed E-state index contributed by atoms with van der Waals surface area (Å²) < 4.78 is 0. The van der Waals surface area contributed by atoms with E-state index in [2.05, 4.69) is 0 Å². The normalized spacial score (nSPS) is 10.9. The van der Waals surface area contributed by atoms with E-state index in [0.717, 1.165) is 0 Å². The lowest BCUT2D eigenvalue weighted by Gasteiger charge is -2.13. The van der Waals surface area contributed by atoms with Gasteiger partial charge in [-0.15, -0.1) is 0 Å². The molecule has 0 heterocycles. The Kier molecular flexibility index (Phi) is 3.55. The maximum Gasteiger partial charge on any atom is 0.171 e. The van der Waals surface area contributed by atoms with Crippen molar-refractivity contribution in [1.82, 2.24) is 0 Å². The summed E-state index contributed by atoms with van der Waals surface area (Å²) in [5.74, 6) is 0. The number of nitrogens with zero attached hydrogens (tertiary/aromatic N) is 2. The molecule has 74 valence electrons. The van der Waals surface area contributed by atoms with E-state index in [-0.39, 0.29) is 11.3 Å². The second kappa shape index (κ2) is 4.89. The maximum atomic E-state index is 10.8. The van der Waals surface area contributed by atoms with Crippen molar-refractivity contribution in [2.24, 2.45) is 0 Å². The van der Waals surface area contributed by atoms with Crippen molar-refractivity contribution in [1.29, 1.82) is 10.5 Å². The van der Waals surface area contributed by atoms with Gasteiger partial charge in [-0.05, 0) is 12.1 Å². The molecule has 0 spiro atoms. The third-order valence-corrected chi connectivity index (χ3v) is 1.73. The minimum atomic E-state index is -1.09. The lowest BCUT2D eigenvalue weighted by Crippen LogP contribution is -2.99. The van der Waals surface area contributed by atoms with Crippen molar-refractivity contribution >= 4 is 11.8 Å². The van der Waals surface area contributed by atoms with Crippen molar-refractivity contribution in [3.05, 3.63) is 40.6 Å². The Morgan fingerprint density at radius 1 is 1.33 bits per heavy atom. The third-order valence-electron chi connectivity index (χ3n) is 1.73. The monoisotopic (exact) mass is 201 g/mol. The number of para-hydroxylation sites is 1. The van der Waals surface area contributed by atoms with Crippen LogP contribution in [0.5, 0.6) is 0 Å². The number of benzene rings is 1. The molecule has 0 saturated heterocycles. The van der Waals surface area contributed by atoms with Gasteiger partial charge in [-0.25, -0.2) is 5.21 Å². The van der Waals surface area contributed by atoms with Crippen LogP contribution >= 0.6 is 0 Å². The van der Waals surface area contributed by atoms with Gasteiger partial charge in [-0.2, -0.15) is 15.8 Å². The molecular formula is C10H7N3O2. The van der Waals surface area contributed by atoms with Gasteiger partial charge < -0.3 is 5.21 Å². The highest BCUT2D eigenvalue weighted by atomic mass is 16.8. The largest absolute Gasteiger partial charge is 0.595 e. The van der Waals surface area contributed by atoms with E-state index >= 15 is 0 Å². The molecule has 0 aromatic heterocycles. The molecule has 0 saturated carbocycles. The molecule has 0 aliphatic rings. The first kappa shape index (κ1) is 10.9. The second-order valence-electron chi connectivity index (χ2n) is 2.67. The van der Waals surface area contributed by atoms with Crippen LogP contribution in [0.2, 0.25) is 0 Å². The highest BCUT2D eigenvalue weighted by Crippen LogP contribution is 2.13. The summed E-state index contributed by atoms with van der Waals surface area (Å²) in [6.07, 6.45) is 1.25. The highest BCUT2D eigenvalue weighted by molar-refractivity contribution is 5.68. The minimum absolute atomic E-state index is 0.0699. The van der Waals surface area contributed by atoms with E-state index in [1.54, 1.807) is 24.3 Å². The van der Waals surface area contributed by atoms with Crippen LogP contribution in [0.1, 0.15) is 5.56 Å². The summed E-state index contributed by atoms with van der Waals surface area (Å²) in [5.41, 5.74) is 0.298. The number of allylic oxidation sites excluding steroid dienone is 1. The zero-order valence-corrected chi connectivity index (χ0v) is 7.64. The Hall–Kier alpha value is -2.18. The van der Waals surface area contributed by atoms with Crippen molar-refractivity contribution in [3.63, 3.8) is 0 Å². The number of nitrogens with one attached hydrogen (secondary N) is 1. The molecule has 5 nitrogen and oxygen atoms in total. The summed E-state index contributed by atoms with van der Waals surface area (Å²) in [6, 6.07) is 9.53. The van der Waals surface area contributed by atoms with Crippen molar-refractivity contribution in [2.45, 2.75) is 0 Å². The average Bonchev–Trinajstić information content (AvgIpc) is 2.26. The third kappa shape index (κ3) is 2.63. The van der Waals surface area contributed by atoms with Gasteiger partial charge in [0.1, 0.15) is 17.7 Å². The van der Waals surface area contributed by atoms with Crippen molar-refractivity contribution < 1.29 is 10.4 Å². The molecule has 0 aliphatic heterocycles. The fraction of sp³-hybridized carbons (Fsp3) is 0. The molecule has 5 heteroatoms. The van der Waals surface area contributed by atoms with E-state index in [4.69, 9.17) is 15.7 Å². The van der Waals surface area contributed by atoms with Gasteiger partial charge in [-0.3, -0.25) is 0 Å². The van der Waals surface area contributed by atoms with Gasteiger partial charge in [0.2, 0.25) is 0 Å². The molecule has 0 fully saturated rings. The van der Waals surface area contributed by atoms with Crippen LogP contribution in [0.4, 0.5) is 5.69 Å². The summed E-state index contributed by atoms with van der Waals surface area (Å²) in [6.45, 7) is 0.